The summed E-state index contributed by atoms with van der Waals surface area (Å²) in [6.07, 6.45) is -1.52. The summed E-state index contributed by atoms with van der Waals surface area (Å²) in [5.74, 6) is 0. The molecule has 3 N–H and O–H groups in total. The molecule has 0 saturated carbocycles. The number of hydrogen-bond acceptors (Lipinski definition) is 7. The number of aliphatic hydroxyl groups is 1. The molecule has 14 heteroatoms. The number of pyridine rings is 1. The number of rotatable bonds is 6. The molecule has 0 bridgehead atoms. The van der Waals surface area contributed by atoms with Gasteiger partial charge in [0.15, 0.2) is 11.2 Å². The second-order valence-corrected chi connectivity index (χ2v) is 11.7. The van der Waals surface area contributed by atoms with E-state index in [9.17, 15) is 32.7 Å². The van der Waals surface area contributed by atoms with Crippen LogP contribution in [0, 0.1) is 0 Å². The van der Waals surface area contributed by atoms with Gasteiger partial charge in [-0.3, -0.25) is 14.7 Å². The third-order valence-corrected chi connectivity index (χ3v) is 8.41. The zero-order valence-electron chi connectivity index (χ0n) is 25.7. The van der Waals surface area contributed by atoms with Crippen molar-refractivity contribution >= 4 is 22.8 Å². The van der Waals surface area contributed by atoms with Gasteiger partial charge in [0.1, 0.15) is 5.52 Å². The normalized spacial score (nSPS) is 15.1. The number of β-amino-alcohol motifs (C(OH)–C–C–N with tert-alkyl or cyclic N) is 1. The number of aliphatic hydroxyl groups excluding tert-OH is 1. The summed E-state index contributed by atoms with van der Waals surface area (Å²) in [7, 11) is 0. The topological polar surface area (TPSA) is 138 Å². The Morgan fingerprint density at radius 2 is 1.69 bits per heavy atom. The Morgan fingerprint density at radius 1 is 0.939 bits per heavy atom. The number of halogens is 3. The van der Waals surface area contributed by atoms with Gasteiger partial charge in [-0.2, -0.15) is 22.8 Å². The Morgan fingerprint density at radius 3 is 2.41 bits per heavy atom. The molecule has 4 heterocycles. The second kappa shape index (κ2) is 12.6. The predicted octanol–water partition coefficient (Wildman–Crippen LogP) is 5.27. The fraction of sp³-hybridized carbons (Fsp3) is 0.171. The van der Waals surface area contributed by atoms with Gasteiger partial charge in [0, 0.05) is 37.7 Å². The number of aromatic amines is 1. The molecule has 11 nitrogen and oxygen atoms in total. The SMILES string of the molecule is O=C(Nc1ccc(-c2ccccc2CN2CCC(O)C2)cc1)n1c(=O)[nH]c2c(C(F)(F)F)nn(-c3cccc(-c4ccncc4)c3)c2c1=O. The molecule has 248 valence electrons. The van der Waals surface area contributed by atoms with Crippen molar-refractivity contribution in [1.82, 2.24) is 29.2 Å². The fourth-order valence-corrected chi connectivity index (χ4v) is 6.08. The Hall–Kier alpha value is -5.86. The summed E-state index contributed by atoms with van der Waals surface area (Å²) >= 11 is 0. The number of aromatic nitrogens is 5. The van der Waals surface area contributed by atoms with Crippen molar-refractivity contribution < 1.29 is 23.1 Å². The molecule has 0 spiro atoms. The van der Waals surface area contributed by atoms with Gasteiger partial charge in [-0.1, -0.05) is 48.5 Å². The summed E-state index contributed by atoms with van der Waals surface area (Å²) in [4.78, 5) is 48.3. The lowest BCUT2D eigenvalue weighted by Crippen LogP contribution is -2.42. The molecule has 1 saturated heterocycles. The van der Waals surface area contributed by atoms with E-state index in [1.54, 1.807) is 60.9 Å². The lowest BCUT2D eigenvalue weighted by atomic mass is 9.99. The number of anilines is 1. The molecule has 3 aromatic heterocycles. The first-order valence-corrected chi connectivity index (χ1v) is 15.3. The van der Waals surface area contributed by atoms with Crippen molar-refractivity contribution in [3.05, 3.63) is 129 Å². The Kier molecular flexibility index (Phi) is 8.18. The Balaban J connectivity index is 1.22. The van der Waals surface area contributed by atoms with E-state index in [4.69, 9.17) is 0 Å². The maximum atomic E-state index is 14.1. The maximum absolute atomic E-state index is 14.1. The van der Waals surface area contributed by atoms with Crippen LogP contribution in [-0.2, 0) is 12.7 Å². The van der Waals surface area contributed by atoms with Crippen LogP contribution in [0.3, 0.4) is 0 Å². The van der Waals surface area contributed by atoms with Gasteiger partial charge in [-0.05, 0) is 70.6 Å². The molecule has 1 amide bonds. The van der Waals surface area contributed by atoms with Crippen molar-refractivity contribution in [2.75, 3.05) is 18.4 Å². The van der Waals surface area contributed by atoms with Crippen molar-refractivity contribution in [2.24, 2.45) is 0 Å². The highest BCUT2D eigenvalue weighted by Gasteiger charge is 2.39. The summed E-state index contributed by atoms with van der Waals surface area (Å²) in [6, 6.07) is 23.1. The number of carbonyl (C=O) groups is 1. The largest absolute Gasteiger partial charge is 0.437 e. The molecule has 3 aromatic carbocycles. The first-order chi connectivity index (χ1) is 23.6. The van der Waals surface area contributed by atoms with Crippen molar-refractivity contribution in [2.45, 2.75) is 25.2 Å². The van der Waals surface area contributed by atoms with E-state index in [2.05, 4.69) is 25.3 Å². The molecule has 1 atom stereocenters. The smallest absolute Gasteiger partial charge is 0.392 e. The number of nitrogens with zero attached hydrogens (tertiary/aromatic N) is 5. The van der Waals surface area contributed by atoms with Gasteiger partial charge < -0.3 is 15.4 Å². The summed E-state index contributed by atoms with van der Waals surface area (Å²) in [5.41, 5.74) is -1.05. The number of likely N-dealkylation sites (tertiary alicyclic amines) is 1. The van der Waals surface area contributed by atoms with E-state index in [0.717, 1.165) is 39.9 Å². The third-order valence-electron chi connectivity index (χ3n) is 8.41. The zero-order valence-corrected chi connectivity index (χ0v) is 25.7. The Labute approximate surface area is 275 Å². The van der Waals surface area contributed by atoms with E-state index < -0.39 is 40.2 Å². The molecule has 1 aliphatic rings. The number of carbonyl (C=O) groups excluding carboxylic acids is 1. The highest BCUT2D eigenvalue weighted by molar-refractivity contribution is 5.93. The first kappa shape index (κ1) is 31.7. The fourth-order valence-electron chi connectivity index (χ4n) is 6.08. The molecule has 1 fully saturated rings. The molecule has 1 unspecified atom stereocenters. The predicted molar refractivity (Wildman–Crippen MR) is 176 cm³/mol. The van der Waals surface area contributed by atoms with Crippen LogP contribution in [0.4, 0.5) is 23.7 Å². The highest BCUT2D eigenvalue weighted by Crippen LogP contribution is 2.33. The number of benzene rings is 3. The van der Waals surface area contributed by atoms with Crippen molar-refractivity contribution in [3.63, 3.8) is 0 Å². The van der Waals surface area contributed by atoms with Crippen LogP contribution in [0.5, 0.6) is 0 Å². The number of H-pyrrole nitrogens is 1. The van der Waals surface area contributed by atoms with Crippen LogP contribution in [-0.4, -0.2) is 59.5 Å². The van der Waals surface area contributed by atoms with Crippen LogP contribution < -0.4 is 16.6 Å². The van der Waals surface area contributed by atoms with Gasteiger partial charge in [0.25, 0.3) is 5.56 Å². The minimum atomic E-state index is -5.02. The van der Waals surface area contributed by atoms with Gasteiger partial charge >= 0.3 is 17.9 Å². The molecule has 1 aliphatic heterocycles. The number of amides is 1. The van der Waals surface area contributed by atoms with Gasteiger partial charge in [-0.15, -0.1) is 0 Å². The summed E-state index contributed by atoms with van der Waals surface area (Å²) in [6.45, 7) is 2.04. The van der Waals surface area contributed by atoms with Crippen LogP contribution >= 0.6 is 0 Å². The minimum absolute atomic E-state index is 0.0997. The molecular formula is C35H28F3N7O4. The van der Waals surface area contributed by atoms with E-state index in [1.165, 1.54) is 12.1 Å². The van der Waals surface area contributed by atoms with E-state index in [1.807, 2.05) is 24.3 Å². The van der Waals surface area contributed by atoms with E-state index >= 15 is 0 Å². The van der Waals surface area contributed by atoms with Gasteiger partial charge in [0.05, 0.1) is 11.8 Å². The van der Waals surface area contributed by atoms with Crippen LogP contribution in [0.25, 0.3) is 39.0 Å². The number of nitrogens with one attached hydrogen (secondary N) is 2. The second-order valence-electron chi connectivity index (χ2n) is 11.7. The van der Waals surface area contributed by atoms with Crippen molar-refractivity contribution in [3.8, 4) is 27.9 Å². The summed E-state index contributed by atoms with van der Waals surface area (Å²) in [5, 5.41) is 16.1. The van der Waals surface area contributed by atoms with E-state index in [-0.39, 0.29) is 22.0 Å². The lowest BCUT2D eigenvalue weighted by molar-refractivity contribution is -0.140. The van der Waals surface area contributed by atoms with Crippen LogP contribution in [0.1, 0.15) is 17.7 Å². The van der Waals surface area contributed by atoms with E-state index in [0.29, 0.717) is 18.7 Å². The van der Waals surface area contributed by atoms with Crippen LogP contribution in [0.2, 0.25) is 0 Å². The number of hydrogen-bond donors (Lipinski definition) is 3. The molecule has 49 heavy (non-hydrogen) atoms. The van der Waals surface area contributed by atoms with Gasteiger partial charge in [-0.25, -0.2) is 14.3 Å². The lowest BCUT2D eigenvalue weighted by Gasteiger charge is -2.18. The van der Waals surface area contributed by atoms with Crippen LogP contribution in [0.15, 0.2) is 107 Å². The molecule has 7 rings (SSSR count). The highest BCUT2D eigenvalue weighted by atomic mass is 19.4. The quantitative estimate of drug-likeness (QED) is 0.220. The average molecular weight is 668 g/mol. The third kappa shape index (κ3) is 6.26. The number of alkyl halides is 3. The molecule has 0 radical (unpaired) electrons. The average Bonchev–Trinajstić information content (AvgIpc) is 3.69. The molecular weight excluding hydrogens is 639 g/mol. The van der Waals surface area contributed by atoms with Gasteiger partial charge in [0.2, 0.25) is 0 Å². The maximum Gasteiger partial charge on any atom is 0.437 e. The monoisotopic (exact) mass is 667 g/mol. The molecule has 6 aromatic rings. The first-order valence-electron chi connectivity index (χ1n) is 15.3. The zero-order chi connectivity index (χ0) is 34.3. The minimum Gasteiger partial charge on any atom is -0.392 e. The molecule has 0 aliphatic carbocycles. The Bertz CT molecular complexity index is 2300. The summed E-state index contributed by atoms with van der Waals surface area (Å²) < 4.78 is 43.3. The standard InChI is InChI=1S/C35H28F3N7O4/c36-35(37,38)31-29-30(45(42-31)26-6-3-5-23(18-26)21-12-15-39-16-13-21)32(47)44(34(49)41-29)33(48)40-25-10-8-22(9-11-25)28-7-2-1-4-24(28)19-43-17-14-27(46)20-43/h1-13,15-16,18,27,46H,14,17,19-20H2,(H,40,48)(H,41,49). The number of fused-ring (bicyclic) bond motifs is 1. The van der Waals surface area contributed by atoms with Crippen molar-refractivity contribution in [1.29, 1.82) is 0 Å².